The number of nitrogens with two attached hydrogens (primary N) is 1. The highest BCUT2D eigenvalue weighted by atomic mass is 32.1. The van der Waals surface area contributed by atoms with E-state index < -0.39 is 0 Å². The normalized spacial score (nSPS) is 14.2. The third kappa shape index (κ3) is 4.40. The van der Waals surface area contributed by atoms with Crippen LogP contribution in [0.15, 0.2) is 66.1 Å². The maximum Gasteiger partial charge on any atom is 0.270 e. The van der Waals surface area contributed by atoms with Gasteiger partial charge in [-0.15, -0.1) is 11.3 Å². The average Bonchev–Trinajstić information content (AvgIpc) is 3.39. The van der Waals surface area contributed by atoms with E-state index in [4.69, 9.17) is 5.84 Å². The summed E-state index contributed by atoms with van der Waals surface area (Å²) >= 11 is 1.69. The predicted molar refractivity (Wildman–Crippen MR) is 125 cm³/mol. The quantitative estimate of drug-likeness (QED) is 0.194. The Morgan fingerprint density at radius 1 is 1.23 bits per heavy atom. The van der Waals surface area contributed by atoms with Crippen LogP contribution in [0.3, 0.4) is 0 Å². The average molecular weight is 435 g/mol. The van der Waals surface area contributed by atoms with Gasteiger partial charge in [-0.05, 0) is 58.9 Å². The fourth-order valence-electron chi connectivity index (χ4n) is 3.62. The van der Waals surface area contributed by atoms with E-state index in [1.807, 2.05) is 12.3 Å². The molecule has 31 heavy (non-hydrogen) atoms. The van der Waals surface area contributed by atoms with E-state index in [1.54, 1.807) is 17.5 Å². The van der Waals surface area contributed by atoms with Crippen LogP contribution in [0.4, 0.5) is 0 Å². The Hall–Kier alpha value is -3.36. The molecule has 7 nitrogen and oxygen atoms in total. The fourth-order valence-corrected chi connectivity index (χ4v) is 4.47. The Balaban J connectivity index is 0.00000245. The predicted octanol–water partition coefficient (Wildman–Crippen LogP) is 3.38. The first-order valence-corrected chi connectivity index (χ1v) is 11.2. The molecule has 0 bridgehead atoms. The summed E-state index contributed by atoms with van der Waals surface area (Å²) in [7, 11) is 0. The largest absolute Gasteiger partial charge is 0.383 e. The molecule has 0 atom stereocenters. The van der Waals surface area contributed by atoms with Crippen LogP contribution in [-0.2, 0) is 17.9 Å². The molecule has 3 aromatic heterocycles. The molecule has 1 aliphatic rings. The number of hydrogen-bond acceptors (Lipinski definition) is 6. The zero-order valence-corrected chi connectivity index (χ0v) is 17.8. The topological polar surface area (TPSA) is 96.5 Å². The number of hydrogen-bond donors (Lipinski definition) is 4. The first-order chi connectivity index (χ1) is 15.2. The number of pyridine rings is 1. The minimum atomic E-state index is -0.273. The Labute approximate surface area is 185 Å². The van der Waals surface area contributed by atoms with Crippen molar-refractivity contribution < 1.29 is 6.22 Å². The monoisotopic (exact) mass is 434 g/mol. The van der Waals surface area contributed by atoms with Crippen LogP contribution in [0.2, 0.25) is 0 Å². The Morgan fingerprint density at radius 2 is 2.13 bits per heavy atom. The van der Waals surface area contributed by atoms with Gasteiger partial charge in [0.1, 0.15) is 11.3 Å². The molecule has 0 radical (unpaired) electrons. The summed E-state index contributed by atoms with van der Waals surface area (Å²) in [6.07, 6.45) is 8.31. The van der Waals surface area contributed by atoms with Crippen LogP contribution in [-0.4, -0.2) is 15.3 Å². The number of imidazole rings is 1. The van der Waals surface area contributed by atoms with Crippen molar-refractivity contribution in [3.63, 3.8) is 0 Å². The van der Waals surface area contributed by atoms with Gasteiger partial charge in [-0.25, -0.2) is 4.98 Å². The van der Waals surface area contributed by atoms with Crippen molar-refractivity contribution in [1.82, 2.24) is 25.4 Å². The number of carbonyl (C=O) groups excluding carboxylic acids is 1. The summed E-state index contributed by atoms with van der Waals surface area (Å²) in [6, 6.07) is 12.5. The van der Waals surface area contributed by atoms with Crippen LogP contribution in [0.25, 0.3) is 15.7 Å². The van der Waals surface area contributed by atoms with Gasteiger partial charge in [-0.2, -0.15) is 0 Å². The molecule has 8 heteroatoms. The number of carbonyl (C=O) groups is 1. The zero-order chi connectivity index (χ0) is 21.2. The molecule has 0 aliphatic heterocycles. The molecule has 4 aromatic rings. The molecule has 1 aliphatic carbocycles. The van der Waals surface area contributed by atoms with Crippen LogP contribution in [0.1, 0.15) is 37.0 Å². The number of benzene rings is 1. The maximum atomic E-state index is 12.5. The summed E-state index contributed by atoms with van der Waals surface area (Å²) in [4.78, 5) is 17.1. The number of nitrogens with one attached hydrogen (secondary N) is 3. The molecule has 5 N–H and O–H groups in total. The molecular weight excluding hydrogens is 408 g/mol. The Morgan fingerprint density at radius 3 is 2.97 bits per heavy atom. The third-order valence-corrected chi connectivity index (χ3v) is 6.36. The minimum Gasteiger partial charge on any atom is -0.383 e. The van der Waals surface area contributed by atoms with Crippen molar-refractivity contribution in [3.05, 3.63) is 82.9 Å². The minimum absolute atomic E-state index is 0. The van der Waals surface area contributed by atoms with Gasteiger partial charge < -0.3 is 20.5 Å². The lowest BCUT2D eigenvalue weighted by molar-refractivity contribution is -0.118. The fraction of sp³-hybridized carbons (Fsp3) is 0.217. The van der Waals surface area contributed by atoms with E-state index in [1.165, 1.54) is 28.5 Å². The van der Waals surface area contributed by atoms with Gasteiger partial charge in [0.2, 0.25) is 0 Å². The number of fused-ring (bicyclic) bond motifs is 2. The molecule has 1 fully saturated rings. The van der Waals surface area contributed by atoms with Gasteiger partial charge >= 0.3 is 0 Å². The summed E-state index contributed by atoms with van der Waals surface area (Å²) in [6.45, 7) is 0.926. The zero-order valence-electron chi connectivity index (χ0n) is 17.0. The van der Waals surface area contributed by atoms with Gasteiger partial charge in [-0.1, -0.05) is 18.2 Å². The number of aromatic nitrogens is 2. The van der Waals surface area contributed by atoms with Crippen LogP contribution >= 0.6 is 11.3 Å². The second-order valence-electron chi connectivity index (χ2n) is 7.79. The smallest absolute Gasteiger partial charge is 0.270 e. The van der Waals surface area contributed by atoms with E-state index >= 15 is 0 Å². The van der Waals surface area contributed by atoms with Gasteiger partial charge in [0, 0.05) is 31.3 Å². The van der Waals surface area contributed by atoms with E-state index in [2.05, 4.69) is 67.4 Å². The molecule has 5 rings (SSSR count). The first-order valence-electron chi connectivity index (χ1n) is 10.3. The molecule has 3 heterocycles. The van der Waals surface area contributed by atoms with Crippen LogP contribution in [0, 0.1) is 0 Å². The Kier molecular flexibility index (Phi) is 5.31. The number of amides is 1. The third-order valence-electron chi connectivity index (χ3n) is 5.48. The lowest BCUT2D eigenvalue weighted by atomic mass is 10.2. The number of thiophene rings is 1. The highest BCUT2D eigenvalue weighted by Gasteiger charge is 2.23. The second-order valence-corrected chi connectivity index (χ2v) is 8.74. The lowest BCUT2D eigenvalue weighted by Crippen LogP contribution is -2.35. The highest BCUT2D eigenvalue weighted by molar-refractivity contribution is 7.17. The van der Waals surface area contributed by atoms with Crippen molar-refractivity contribution in [2.75, 3.05) is 0 Å². The maximum absolute atomic E-state index is 12.5. The first kappa shape index (κ1) is 19.6. The number of hydrazine groups is 1. The molecule has 1 aromatic carbocycles. The van der Waals surface area contributed by atoms with E-state index in [-0.39, 0.29) is 13.0 Å². The van der Waals surface area contributed by atoms with Crippen molar-refractivity contribution >= 4 is 33.0 Å². The van der Waals surface area contributed by atoms with E-state index in [9.17, 15) is 4.79 Å². The van der Waals surface area contributed by atoms with Crippen LogP contribution < -0.4 is 21.9 Å². The molecule has 1 saturated carbocycles. The molecule has 0 unspecified atom stereocenters. The second kappa shape index (κ2) is 8.41. The van der Waals surface area contributed by atoms with Crippen molar-refractivity contribution in [1.29, 1.82) is 0 Å². The van der Waals surface area contributed by atoms with Gasteiger partial charge in [0.05, 0.1) is 12.2 Å². The van der Waals surface area contributed by atoms with E-state index in [0.29, 0.717) is 19.0 Å². The Bertz CT molecular complexity index is 1280. The van der Waals surface area contributed by atoms with Gasteiger partial charge in [0.15, 0.2) is 0 Å². The highest BCUT2D eigenvalue weighted by Crippen LogP contribution is 2.39. The van der Waals surface area contributed by atoms with Crippen molar-refractivity contribution in [3.8, 4) is 0 Å². The standard InChI is InChI=1S/C23H24N6OS.H2/c24-28-20(23(30)26-10-15-1-2-17-7-8-31-21(17)9-15)12-25-11-19-14-29-13-18(16-3-4-16)5-6-22(29)27-19;/h1-2,5-9,12-14,16,25,28H,3-4,10-11,24H2,(H,26,30);1H/b20-12-;. The van der Waals surface area contributed by atoms with Gasteiger partial charge in [-0.3, -0.25) is 10.6 Å². The van der Waals surface area contributed by atoms with Crippen LogP contribution in [0.5, 0.6) is 0 Å². The summed E-state index contributed by atoms with van der Waals surface area (Å²) in [5.74, 6) is 5.99. The number of nitrogens with zero attached hydrogens (tertiary/aromatic N) is 2. The number of rotatable bonds is 8. The summed E-state index contributed by atoms with van der Waals surface area (Å²) in [5.41, 5.74) is 6.95. The SMILES string of the molecule is NN/C(=C\NCc1cn2cc(C3CC3)ccc2n1)C(=O)NCc1ccc2ccsc2c1.[HH]. The molecular formula is C23H26N6OS. The molecule has 1 amide bonds. The molecule has 0 saturated heterocycles. The summed E-state index contributed by atoms with van der Waals surface area (Å²) < 4.78 is 3.27. The molecule has 0 spiro atoms. The van der Waals surface area contributed by atoms with Crippen molar-refractivity contribution in [2.45, 2.75) is 31.8 Å². The molecule has 160 valence electrons. The lowest BCUT2D eigenvalue weighted by Gasteiger charge is -2.09. The van der Waals surface area contributed by atoms with Crippen molar-refractivity contribution in [2.24, 2.45) is 5.84 Å². The van der Waals surface area contributed by atoms with E-state index in [0.717, 1.165) is 16.9 Å². The van der Waals surface area contributed by atoms with Gasteiger partial charge in [0.25, 0.3) is 5.91 Å². The summed E-state index contributed by atoms with van der Waals surface area (Å²) in [5, 5.41) is 9.29.